The molecule has 0 unspecified atom stereocenters. The van der Waals surface area contributed by atoms with Gasteiger partial charge >= 0.3 is 0 Å². The van der Waals surface area contributed by atoms with Crippen LogP contribution in [0.2, 0.25) is 0 Å². The summed E-state index contributed by atoms with van der Waals surface area (Å²) in [6.07, 6.45) is 1.22. The van der Waals surface area contributed by atoms with E-state index in [2.05, 4.69) is 31.1 Å². The van der Waals surface area contributed by atoms with Crippen LogP contribution < -0.4 is 5.32 Å². The predicted octanol–water partition coefficient (Wildman–Crippen LogP) is 0.707. The van der Waals surface area contributed by atoms with Crippen molar-refractivity contribution in [2.75, 3.05) is 39.8 Å². The maximum Gasteiger partial charge on any atom is 0.0902 e. The molecule has 1 rings (SSSR count). The molecule has 0 aliphatic carbocycles. The van der Waals surface area contributed by atoms with E-state index in [0.717, 1.165) is 26.2 Å². The Morgan fingerprint density at radius 2 is 2.08 bits per heavy atom. The lowest BCUT2D eigenvalue weighted by Gasteiger charge is -2.39. The second-order valence-corrected chi connectivity index (χ2v) is 4.21. The molecule has 13 heavy (non-hydrogen) atoms. The number of likely N-dealkylation sites (N-methyl/N-ethyl adjacent to an activating group) is 1. The molecule has 0 aromatic heterocycles. The molecule has 0 amide bonds. The van der Waals surface area contributed by atoms with E-state index in [1.165, 1.54) is 13.0 Å². The molecule has 1 fully saturated rings. The first-order valence-electron chi connectivity index (χ1n) is 5.19. The Labute approximate surface area is 81.4 Å². The van der Waals surface area contributed by atoms with Crippen molar-refractivity contribution in [2.24, 2.45) is 0 Å². The van der Waals surface area contributed by atoms with Gasteiger partial charge in [-0.3, -0.25) is 0 Å². The van der Waals surface area contributed by atoms with Crippen LogP contribution in [-0.2, 0) is 4.74 Å². The largest absolute Gasteiger partial charge is 0.371 e. The monoisotopic (exact) mass is 186 g/mol. The normalized spacial score (nSPS) is 20.3. The summed E-state index contributed by atoms with van der Waals surface area (Å²) >= 11 is 0. The second kappa shape index (κ2) is 4.94. The van der Waals surface area contributed by atoms with Crippen LogP contribution in [0.5, 0.6) is 0 Å². The van der Waals surface area contributed by atoms with Gasteiger partial charge in [-0.2, -0.15) is 0 Å². The van der Waals surface area contributed by atoms with Gasteiger partial charge in [0.1, 0.15) is 0 Å². The van der Waals surface area contributed by atoms with Crippen LogP contribution in [0.3, 0.4) is 0 Å². The van der Waals surface area contributed by atoms with Crippen molar-refractivity contribution in [1.82, 2.24) is 10.2 Å². The van der Waals surface area contributed by atoms with Crippen molar-refractivity contribution in [3.8, 4) is 0 Å². The molecule has 1 aliphatic heterocycles. The van der Waals surface area contributed by atoms with Crippen LogP contribution in [0.25, 0.3) is 0 Å². The highest BCUT2D eigenvalue weighted by Gasteiger charge is 2.32. The average Bonchev–Trinajstić information content (AvgIpc) is 2.02. The lowest BCUT2D eigenvalue weighted by molar-refractivity contribution is -0.0708. The third-order valence-electron chi connectivity index (χ3n) is 2.53. The standard InChI is InChI=1S/C10H22N2O/c1-4-5-12(3)6-7-13-10(2)8-11-9-10/h11H,4-9H2,1-3H3. The van der Waals surface area contributed by atoms with Crippen molar-refractivity contribution >= 4 is 0 Å². The summed E-state index contributed by atoms with van der Waals surface area (Å²) in [6.45, 7) is 9.45. The van der Waals surface area contributed by atoms with E-state index in [1.54, 1.807) is 0 Å². The van der Waals surface area contributed by atoms with Gasteiger partial charge in [0, 0.05) is 19.6 Å². The Bertz CT molecular complexity index is 146. The van der Waals surface area contributed by atoms with E-state index in [0.29, 0.717) is 0 Å². The molecule has 0 aromatic carbocycles. The summed E-state index contributed by atoms with van der Waals surface area (Å²) in [4.78, 5) is 2.31. The van der Waals surface area contributed by atoms with Gasteiger partial charge in [-0.05, 0) is 26.9 Å². The highest BCUT2D eigenvalue weighted by molar-refractivity contribution is 4.90. The zero-order valence-electron chi connectivity index (χ0n) is 9.10. The van der Waals surface area contributed by atoms with E-state index >= 15 is 0 Å². The van der Waals surface area contributed by atoms with E-state index < -0.39 is 0 Å². The zero-order chi connectivity index (χ0) is 9.73. The third-order valence-corrected chi connectivity index (χ3v) is 2.53. The molecular weight excluding hydrogens is 164 g/mol. The number of nitrogens with one attached hydrogen (secondary N) is 1. The Balaban J connectivity index is 1.99. The van der Waals surface area contributed by atoms with Crippen molar-refractivity contribution in [3.05, 3.63) is 0 Å². The number of nitrogens with zero attached hydrogens (tertiary/aromatic N) is 1. The third kappa shape index (κ3) is 3.63. The minimum atomic E-state index is 0.118. The highest BCUT2D eigenvalue weighted by Crippen LogP contribution is 2.14. The van der Waals surface area contributed by atoms with Gasteiger partial charge < -0.3 is 15.0 Å². The van der Waals surface area contributed by atoms with Crippen LogP contribution >= 0.6 is 0 Å². The van der Waals surface area contributed by atoms with Crippen LogP contribution in [0, 0.1) is 0 Å². The molecule has 1 N–H and O–H groups in total. The van der Waals surface area contributed by atoms with E-state index in [4.69, 9.17) is 4.74 Å². The quantitative estimate of drug-likeness (QED) is 0.661. The minimum Gasteiger partial charge on any atom is -0.371 e. The lowest BCUT2D eigenvalue weighted by atomic mass is 10.0. The van der Waals surface area contributed by atoms with Crippen LogP contribution in [0.4, 0.5) is 0 Å². The van der Waals surface area contributed by atoms with Gasteiger partial charge in [0.15, 0.2) is 0 Å². The summed E-state index contributed by atoms with van der Waals surface area (Å²) in [5.41, 5.74) is 0.118. The molecule has 3 nitrogen and oxygen atoms in total. The molecule has 0 atom stereocenters. The summed E-state index contributed by atoms with van der Waals surface area (Å²) < 4.78 is 5.78. The van der Waals surface area contributed by atoms with Crippen molar-refractivity contribution in [2.45, 2.75) is 25.9 Å². The molecule has 0 spiro atoms. The molecule has 0 aromatic rings. The number of hydrogen-bond acceptors (Lipinski definition) is 3. The summed E-state index contributed by atoms with van der Waals surface area (Å²) in [7, 11) is 2.15. The van der Waals surface area contributed by atoms with Gasteiger partial charge in [0.25, 0.3) is 0 Å². The fraction of sp³-hybridized carbons (Fsp3) is 1.00. The molecule has 3 heteroatoms. The molecule has 1 heterocycles. The number of rotatable bonds is 6. The van der Waals surface area contributed by atoms with Crippen LogP contribution in [-0.4, -0.2) is 50.3 Å². The minimum absolute atomic E-state index is 0.118. The molecule has 0 saturated carbocycles. The summed E-state index contributed by atoms with van der Waals surface area (Å²) in [6, 6.07) is 0. The lowest BCUT2D eigenvalue weighted by Crippen LogP contribution is -2.59. The summed E-state index contributed by atoms with van der Waals surface area (Å²) in [5, 5.41) is 3.23. The van der Waals surface area contributed by atoms with E-state index in [1.807, 2.05) is 0 Å². The zero-order valence-corrected chi connectivity index (χ0v) is 9.10. The first-order valence-corrected chi connectivity index (χ1v) is 5.19. The van der Waals surface area contributed by atoms with Crippen molar-refractivity contribution < 1.29 is 4.74 Å². The van der Waals surface area contributed by atoms with Gasteiger partial charge in [-0.25, -0.2) is 0 Å². The molecule has 1 aliphatic rings. The fourth-order valence-electron chi connectivity index (χ4n) is 1.52. The predicted molar refractivity (Wildman–Crippen MR) is 55.0 cm³/mol. The Morgan fingerprint density at radius 1 is 1.38 bits per heavy atom. The maximum atomic E-state index is 5.78. The number of hydrogen-bond donors (Lipinski definition) is 1. The Morgan fingerprint density at radius 3 is 2.54 bits per heavy atom. The molecule has 0 radical (unpaired) electrons. The fourth-order valence-corrected chi connectivity index (χ4v) is 1.52. The first-order chi connectivity index (χ1) is 6.16. The van der Waals surface area contributed by atoms with Gasteiger partial charge in [0.2, 0.25) is 0 Å². The van der Waals surface area contributed by atoms with Crippen molar-refractivity contribution in [3.63, 3.8) is 0 Å². The second-order valence-electron chi connectivity index (χ2n) is 4.21. The average molecular weight is 186 g/mol. The topological polar surface area (TPSA) is 24.5 Å². The van der Waals surface area contributed by atoms with Crippen LogP contribution in [0.15, 0.2) is 0 Å². The highest BCUT2D eigenvalue weighted by atomic mass is 16.5. The SMILES string of the molecule is CCCN(C)CCOC1(C)CNC1. The van der Waals surface area contributed by atoms with E-state index in [-0.39, 0.29) is 5.60 Å². The first kappa shape index (κ1) is 11.0. The molecular formula is C10H22N2O. The Kier molecular flexibility index (Phi) is 4.16. The molecule has 1 saturated heterocycles. The van der Waals surface area contributed by atoms with E-state index in [9.17, 15) is 0 Å². The van der Waals surface area contributed by atoms with Crippen LogP contribution in [0.1, 0.15) is 20.3 Å². The Hall–Kier alpha value is -0.120. The summed E-state index contributed by atoms with van der Waals surface area (Å²) in [5.74, 6) is 0. The van der Waals surface area contributed by atoms with Gasteiger partial charge in [-0.15, -0.1) is 0 Å². The van der Waals surface area contributed by atoms with Crippen molar-refractivity contribution in [1.29, 1.82) is 0 Å². The smallest absolute Gasteiger partial charge is 0.0902 e. The maximum absolute atomic E-state index is 5.78. The number of ether oxygens (including phenoxy) is 1. The molecule has 0 bridgehead atoms. The van der Waals surface area contributed by atoms with Gasteiger partial charge in [0.05, 0.1) is 12.2 Å². The van der Waals surface area contributed by atoms with Gasteiger partial charge in [-0.1, -0.05) is 6.92 Å². The molecule has 78 valence electrons.